The van der Waals surface area contributed by atoms with E-state index in [4.69, 9.17) is 5.11 Å². The molecule has 0 aromatic heterocycles. The molecule has 5 nitrogen and oxygen atoms in total. The molecule has 1 aliphatic heterocycles. The summed E-state index contributed by atoms with van der Waals surface area (Å²) < 4.78 is 0. The molecular formula is C11H20N2O3. The zero-order valence-electron chi connectivity index (χ0n) is 9.90. The van der Waals surface area contributed by atoms with Gasteiger partial charge in [0.1, 0.15) is 6.54 Å². The summed E-state index contributed by atoms with van der Waals surface area (Å²) >= 11 is 0. The lowest BCUT2D eigenvalue weighted by molar-refractivity contribution is -0.138. The molecular weight excluding hydrogens is 208 g/mol. The second-order valence-corrected chi connectivity index (χ2v) is 4.51. The van der Waals surface area contributed by atoms with E-state index in [-0.39, 0.29) is 18.5 Å². The predicted molar refractivity (Wildman–Crippen MR) is 60.1 cm³/mol. The zero-order valence-corrected chi connectivity index (χ0v) is 9.90. The van der Waals surface area contributed by atoms with Crippen LogP contribution in [0, 0.1) is 5.92 Å². The maximum atomic E-state index is 11.6. The zero-order chi connectivity index (χ0) is 12.1. The Balaban J connectivity index is 2.35. The van der Waals surface area contributed by atoms with Crippen LogP contribution in [0.3, 0.4) is 0 Å². The first-order valence-electron chi connectivity index (χ1n) is 5.74. The number of hydrogen-bond acceptors (Lipinski definition) is 3. The molecule has 1 heterocycles. The number of piperidine rings is 1. The molecule has 0 aromatic carbocycles. The van der Waals surface area contributed by atoms with Crippen LogP contribution in [0.25, 0.3) is 0 Å². The minimum Gasteiger partial charge on any atom is -0.480 e. The van der Waals surface area contributed by atoms with E-state index in [0.29, 0.717) is 0 Å². The monoisotopic (exact) mass is 228 g/mol. The van der Waals surface area contributed by atoms with Gasteiger partial charge in [-0.15, -0.1) is 0 Å². The van der Waals surface area contributed by atoms with Gasteiger partial charge in [0.25, 0.3) is 0 Å². The smallest absolute Gasteiger partial charge is 0.322 e. The summed E-state index contributed by atoms with van der Waals surface area (Å²) in [5.41, 5.74) is 0. The highest BCUT2D eigenvalue weighted by Gasteiger charge is 2.24. The minimum absolute atomic E-state index is 0.197. The average molecular weight is 228 g/mol. The number of carboxylic acid groups (broad SMARTS) is 1. The number of carbonyl (C=O) groups excluding carboxylic acids is 1. The molecule has 0 spiro atoms. The molecule has 1 fully saturated rings. The number of nitrogens with one attached hydrogen (secondary N) is 1. The Hall–Kier alpha value is -1.10. The van der Waals surface area contributed by atoms with E-state index in [2.05, 4.69) is 17.1 Å². The second kappa shape index (κ2) is 5.84. The first-order valence-corrected chi connectivity index (χ1v) is 5.74. The van der Waals surface area contributed by atoms with Crippen LogP contribution in [0.5, 0.6) is 0 Å². The topological polar surface area (TPSA) is 69.6 Å². The number of nitrogens with zero attached hydrogens (tertiary/aromatic N) is 1. The number of carboxylic acids is 1. The largest absolute Gasteiger partial charge is 0.480 e. The van der Waals surface area contributed by atoms with Gasteiger partial charge >= 0.3 is 5.97 Å². The third-order valence-electron chi connectivity index (χ3n) is 3.16. The lowest BCUT2D eigenvalue weighted by Gasteiger charge is -2.33. The molecule has 1 amide bonds. The van der Waals surface area contributed by atoms with Crippen LogP contribution >= 0.6 is 0 Å². The summed E-state index contributed by atoms with van der Waals surface area (Å²) in [6.45, 7) is 5.58. The fourth-order valence-electron chi connectivity index (χ4n) is 1.89. The van der Waals surface area contributed by atoms with Crippen LogP contribution in [0.2, 0.25) is 0 Å². The summed E-state index contributed by atoms with van der Waals surface area (Å²) in [5.74, 6) is -0.477. The van der Waals surface area contributed by atoms with Gasteiger partial charge in [-0.25, -0.2) is 0 Å². The summed E-state index contributed by atoms with van der Waals surface area (Å²) in [6, 6.07) is -0.230. The van der Waals surface area contributed by atoms with Gasteiger partial charge in [0.15, 0.2) is 0 Å². The number of likely N-dealkylation sites (tertiary alicyclic amines) is 1. The third-order valence-corrected chi connectivity index (χ3v) is 3.16. The minimum atomic E-state index is -1.01. The van der Waals surface area contributed by atoms with Crippen LogP contribution in [0.1, 0.15) is 26.7 Å². The highest BCUT2D eigenvalue weighted by molar-refractivity contribution is 5.84. The quantitative estimate of drug-likeness (QED) is 0.726. The molecule has 0 aliphatic carbocycles. The molecule has 1 rings (SSSR count). The fourth-order valence-corrected chi connectivity index (χ4v) is 1.89. The van der Waals surface area contributed by atoms with Crippen LogP contribution in [-0.2, 0) is 9.59 Å². The molecule has 1 aliphatic rings. The van der Waals surface area contributed by atoms with Crippen molar-refractivity contribution in [3.05, 3.63) is 0 Å². The number of carbonyl (C=O) groups is 2. The Morgan fingerprint density at radius 2 is 2.00 bits per heavy atom. The van der Waals surface area contributed by atoms with Crippen LogP contribution < -0.4 is 5.32 Å². The highest BCUT2D eigenvalue weighted by Crippen LogP contribution is 2.17. The summed E-state index contributed by atoms with van der Waals surface area (Å²) in [7, 11) is 0. The Labute approximate surface area is 95.8 Å². The number of hydrogen-bond donors (Lipinski definition) is 2. The van der Waals surface area contributed by atoms with Crippen molar-refractivity contribution in [2.24, 2.45) is 5.92 Å². The molecule has 1 saturated heterocycles. The molecule has 1 unspecified atom stereocenters. The molecule has 92 valence electrons. The Morgan fingerprint density at radius 1 is 1.44 bits per heavy atom. The molecule has 1 atom stereocenters. The van der Waals surface area contributed by atoms with Crippen molar-refractivity contribution in [3.63, 3.8) is 0 Å². The SMILES string of the molecule is CC1CCN(C(C)C(=O)NCC(=O)O)CC1. The lowest BCUT2D eigenvalue weighted by atomic mass is 9.98. The van der Waals surface area contributed by atoms with Gasteiger partial charge in [0, 0.05) is 0 Å². The van der Waals surface area contributed by atoms with E-state index in [9.17, 15) is 9.59 Å². The molecule has 0 bridgehead atoms. The van der Waals surface area contributed by atoms with Gasteiger partial charge < -0.3 is 10.4 Å². The maximum Gasteiger partial charge on any atom is 0.322 e. The van der Waals surface area contributed by atoms with Crippen molar-refractivity contribution >= 4 is 11.9 Å². The molecule has 0 radical (unpaired) electrons. The van der Waals surface area contributed by atoms with Gasteiger partial charge in [-0.1, -0.05) is 6.92 Å². The fraction of sp³-hybridized carbons (Fsp3) is 0.818. The number of rotatable bonds is 4. The van der Waals surface area contributed by atoms with E-state index in [1.165, 1.54) is 0 Å². The van der Waals surface area contributed by atoms with Crippen molar-refractivity contribution in [1.29, 1.82) is 0 Å². The van der Waals surface area contributed by atoms with Crippen LogP contribution in [0.4, 0.5) is 0 Å². The standard InChI is InChI=1S/C11H20N2O3/c1-8-3-5-13(6-4-8)9(2)11(16)12-7-10(14)15/h8-9H,3-7H2,1-2H3,(H,12,16)(H,14,15). The van der Waals surface area contributed by atoms with Crippen LogP contribution in [0.15, 0.2) is 0 Å². The predicted octanol–water partition coefficient (Wildman–Crippen LogP) is 0.308. The molecule has 0 aromatic rings. The molecule has 0 saturated carbocycles. The van der Waals surface area contributed by atoms with E-state index in [1.54, 1.807) is 0 Å². The van der Waals surface area contributed by atoms with Gasteiger partial charge in [0.2, 0.25) is 5.91 Å². The molecule has 5 heteroatoms. The molecule has 16 heavy (non-hydrogen) atoms. The highest BCUT2D eigenvalue weighted by atomic mass is 16.4. The van der Waals surface area contributed by atoms with Gasteiger partial charge in [0.05, 0.1) is 6.04 Å². The summed E-state index contributed by atoms with van der Waals surface area (Å²) in [6.07, 6.45) is 2.22. The Bertz CT molecular complexity index is 260. The first-order chi connectivity index (χ1) is 7.50. The van der Waals surface area contributed by atoms with E-state index >= 15 is 0 Å². The van der Waals surface area contributed by atoms with Crippen molar-refractivity contribution in [3.8, 4) is 0 Å². The number of amides is 1. The van der Waals surface area contributed by atoms with Crippen molar-refractivity contribution in [1.82, 2.24) is 10.2 Å². The lowest BCUT2D eigenvalue weighted by Crippen LogP contribution is -2.48. The number of aliphatic carboxylic acids is 1. The van der Waals surface area contributed by atoms with Gasteiger partial charge in [-0.2, -0.15) is 0 Å². The van der Waals surface area contributed by atoms with E-state index in [0.717, 1.165) is 31.8 Å². The first kappa shape index (κ1) is 13.0. The van der Waals surface area contributed by atoms with Crippen molar-refractivity contribution in [2.75, 3.05) is 19.6 Å². The average Bonchev–Trinajstić information content (AvgIpc) is 2.26. The van der Waals surface area contributed by atoms with Crippen LogP contribution in [-0.4, -0.2) is 47.6 Å². The third kappa shape index (κ3) is 3.81. The Kier molecular flexibility index (Phi) is 4.73. The summed E-state index contributed by atoms with van der Waals surface area (Å²) in [4.78, 5) is 24.0. The van der Waals surface area contributed by atoms with Crippen molar-refractivity contribution < 1.29 is 14.7 Å². The maximum absolute atomic E-state index is 11.6. The van der Waals surface area contributed by atoms with Gasteiger partial charge in [-0.05, 0) is 38.8 Å². The van der Waals surface area contributed by atoms with Gasteiger partial charge in [-0.3, -0.25) is 14.5 Å². The second-order valence-electron chi connectivity index (χ2n) is 4.51. The molecule has 2 N–H and O–H groups in total. The van der Waals surface area contributed by atoms with E-state index < -0.39 is 5.97 Å². The Morgan fingerprint density at radius 3 is 2.50 bits per heavy atom. The normalized spacial score (nSPS) is 20.4. The van der Waals surface area contributed by atoms with Crippen molar-refractivity contribution in [2.45, 2.75) is 32.7 Å². The summed E-state index contributed by atoms with van der Waals surface area (Å²) in [5, 5.41) is 10.9. The van der Waals surface area contributed by atoms with E-state index in [1.807, 2.05) is 6.92 Å².